The first-order chi connectivity index (χ1) is 13.7. The number of rotatable bonds is 10. The lowest BCUT2D eigenvalue weighted by molar-refractivity contribution is 0.294. The summed E-state index contributed by atoms with van der Waals surface area (Å²) in [6, 6.07) is 20.2. The Morgan fingerprint density at radius 2 is 1.86 bits per heavy atom. The first kappa shape index (κ1) is 20.4. The van der Waals surface area contributed by atoms with Crippen molar-refractivity contribution in [3.63, 3.8) is 0 Å². The first-order valence-corrected chi connectivity index (χ1v) is 10.2. The number of hydrogen-bond acceptors (Lipinski definition) is 4. The summed E-state index contributed by atoms with van der Waals surface area (Å²) in [5, 5.41) is 3.46. The fraction of sp³-hybridized carbons (Fsp3) is 0.261. The molecular weight excluding hydrogens is 416 g/mol. The quantitative estimate of drug-likeness (QED) is 0.434. The van der Waals surface area contributed by atoms with E-state index in [1.807, 2.05) is 30.3 Å². The Morgan fingerprint density at radius 1 is 1.00 bits per heavy atom. The Labute approximate surface area is 175 Å². The van der Waals surface area contributed by atoms with Gasteiger partial charge in [-0.05, 0) is 49.7 Å². The van der Waals surface area contributed by atoms with Crippen LogP contribution in [0.3, 0.4) is 0 Å². The average Bonchev–Trinajstić information content (AvgIpc) is 2.72. The predicted octanol–water partition coefficient (Wildman–Crippen LogP) is 5.29. The molecule has 146 valence electrons. The van der Waals surface area contributed by atoms with E-state index in [1.165, 1.54) is 11.1 Å². The van der Waals surface area contributed by atoms with E-state index in [4.69, 9.17) is 9.47 Å². The number of aryl methyl sites for hydroxylation is 1. The van der Waals surface area contributed by atoms with Gasteiger partial charge in [0.25, 0.3) is 0 Å². The molecule has 0 radical (unpaired) electrons. The number of halogens is 1. The van der Waals surface area contributed by atoms with E-state index in [0.717, 1.165) is 35.3 Å². The number of pyridine rings is 1. The average molecular weight is 441 g/mol. The maximum Gasteiger partial charge on any atom is 0.213 e. The zero-order valence-corrected chi connectivity index (χ0v) is 17.6. The van der Waals surface area contributed by atoms with Gasteiger partial charge in [-0.1, -0.05) is 51.8 Å². The highest BCUT2D eigenvalue weighted by atomic mass is 79.9. The van der Waals surface area contributed by atoms with Crippen molar-refractivity contribution in [3.8, 4) is 11.6 Å². The van der Waals surface area contributed by atoms with Gasteiger partial charge >= 0.3 is 0 Å². The van der Waals surface area contributed by atoms with Crippen LogP contribution >= 0.6 is 15.9 Å². The molecule has 0 spiro atoms. The Bertz CT molecular complexity index is 854. The molecule has 0 aliphatic carbocycles. The molecule has 0 fully saturated rings. The van der Waals surface area contributed by atoms with E-state index < -0.39 is 0 Å². The van der Waals surface area contributed by atoms with Gasteiger partial charge in [0.15, 0.2) is 0 Å². The normalized spacial score (nSPS) is 10.6. The number of aromatic nitrogens is 1. The molecule has 0 bridgehead atoms. The van der Waals surface area contributed by atoms with E-state index in [2.05, 4.69) is 63.5 Å². The smallest absolute Gasteiger partial charge is 0.213 e. The minimum atomic E-state index is 0.562. The molecule has 0 aliphatic rings. The van der Waals surface area contributed by atoms with Gasteiger partial charge in [0, 0.05) is 28.8 Å². The third-order valence-corrected chi connectivity index (χ3v) is 4.73. The lowest BCUT2D eigenvalue weighted by Crippen LogP contribution is -2.17. The van der Waals surface area contributed by atoms with E-state index >= 15 is 0 Å². The van der Waals surface area contributed by atoms with Crippen molar-refractivity contribution in [2.45, 2.75) is 26.5 Å². The van der Waals surface area contributed by atoms with Gasteiger partial charge in [0.2, 0.25) is 5.88 Å². The molecule has 4 nitrogen and oxygen atoms in total. The van der Waals surface area contributed by atoms with Crippen LogP contribution in [0.15, 0.2) is 71.3 Å². The maximum absolute atomic E-state index is 6.06. The van der Waals surface area contributed by atoms with Gasteiger partial charge in [-0.15, -0.1) is 0 Å². The van der Waals surface area contributed by atoms with Crippen molar-refractivity contribution in [2.75, 3.05) is 13.2 Å². The summed E-state index contributed by atoms with van der Waals surface area (Å²) in [6.45, 7) is 4.89. The van der Waals surface area contributed by atoms with Gasteiger partial charge in [0.05, 0.1) is 6.61 Å². The van der Waals surface area contributed by atoms with Crippen LogP contribution in [0.2, 0.25) is 0 Å². The van der Waals surface area contributed by atoms with E-state index in [9.17, 15) is 0 Å². The van der Waals surface area contributed by atoms with Gasteiger partial charge in [-0.3, -0.25) is 0 Å². The minimum Gasteiger partial charge on any atom is -0.489 e. The van der Waals surface area contributed by atoms with E-state index in [-0.39, 0.29) is 0 Å². The minimum absolute atomic E-state index is 0.562. The van der Waals surface area contributed by atoms with Crippen LogP contribution in [0.5, 0.6) is 11.6 Å². The molecule has 5 heteroatoms. The number of nitrogens with one attached hydrogen (secondary N) is 1. The molecule has 0 saturated carbocycles. The maximum atomic E-state index is 6.06. The van der Waals surface area contributed by atoms with Crippen LogP contribution in [-0.4, -0.2) is 18.1 Å². The lowest BCUT2D eigenvalue weighted by Gasteiger charge is -2.13. The highest BCUT2D eigenvalue weighted by Crippen LogP contribution is 2.24. The van der Waals surface area contributed by atoms with Crippen LogP contribution in [0.1, 0.15) is 23.1 Å². The second-order valence-electron chi connectivity index (χ2n) is 6.57. The molecule has 0 atom stereocenters. The molecule has 1 heterocycles. The summed E-state index contributed by atoms with van der Waals surface area (Å²) >= 11 is 3.55. The van der Waals surface area contributed by atoms with Crippen molar-refractivity contribution in [1.29, 1.82) is 0 Å². The molecule has 0 unspecified atom stereocenters. The van der Waals surface area contributed by atoms with Gasteiger partial charge in [-0.25, -0.2) is 4.98 Å². The number of hydrogen-bond donors (Lipinski definition) is 1. The van der Waals surface area contributed by atoms with Crippen LogP contribution < -0.4 is 14.8 Å². The van der Waals surface area contributed by atoms with E-state index in [1.54, 1.807) is 6.20 Å². The third kappa shape index (κ3) is 6.66. The molecule has 2 aromatic carbocycles. The molecule has 28 heavy (non-hydrogen) atoms. The standard InChI is InChI=1S/C23H25BrN2O2/c1-18-6-8-19(9-7-18)17-28-22-11-10-21(24)15-20(22)16-25-12-4-14-27-23-5-2-3-13-26-23/h2-3,5-11,13,15,25H,4,12,14,16-17H2,1H3. The summed E-state index contributed by atoms with van der Waals surface area (Å²) in [5.41, 5.74) is 3.55. The molecule has 0 amide bonds. The second-order valence-corrected chi connectivity index (χ2v) is 7.49. The molecule has 1 N–H and O–H groups in total. The summed E-state index contributed by atoms with van der Waals surface area (Å²) in [4.78, 5) is 4.15. The van der Waals surface area contributed by atoms with Gasteiger partial charge in [-0.2, -0.15) is 0 Å². The summed E-state index contributed by atoms with van der Waals surface area (Å²) in [5.74, 6) is 1.57. The largest absolute Gasteiger partial charge is 0.489 e. The molecule has 0 saturated heterocycles. The molecule has 1 aromatic heterocycles. The van der Waals surface area contributed by atoms with E-state index in [0.29, 0.717) is 19.1 Å². The SMILES string of the molecule is Cc1ccc(COc2ccc(Br)cc2CNCCCOc2ccccn2)cc1. The zero-order valence-electron chi connectivity index (χ0n) is 16.0. The van der Waals surface area contributed by atoms with Crippen LogP contribution in [-0.2, 0) is 13.2 Å². The highest BCUT2D eigenvalue weighted by Gasteiger charge is 2.05. The highest BCUT2D eigenvalue weighted by molar-refractivity contribution is 9.10. The van der Waals surface area contributed by atoms with Crippen LogP contribution in [0, 0.1) is 6.92 Å². The van der Waals surface area contributed by atoms with Gasteiger partial charge in [0.1, 0.15) is 12.4 Å². The molecule has 3 aromatic rings. The monoisotopic (exact) mass is 440 g/mol. The zero-order chi connectivity index (χ0) is 19.6. The first-order valence-electron chi connectivity index (χ1n) is 9.42. The van der Waals surface area contributed by atoms with Crippen molar-refractivity contribution in [1.82, 2.24) is 10.3 Å². The topological polar surface area (TPSA) is 43.4 Å². The number of benzene rings is 2. The Morgan fingerprint density at radius 3 is 2.64 bits per heavy atom. The summed E-state index contributed by atoms with van der Waals surface area (Å²) in [7, 11) is 0. The molecule has 3 rings (SSSR count). The van der Waals surface area contributed by atoms with Crippen molar-refractivity contribution >= 4 is 15.9 Å². The van der Waals surface area contributed by atoms with Crippen LogP contribution in [0.4, 0.5) is 0 Å². The van der Waals surface area contributed by atoms with Gasteiger partial charge < -0.3 is 14.8 Å². The van der Waals surface area contributed by atoms with Crippen LogP contribution in [0.25, 0.3) is 0 Å². The summed E-state index contributed by atoms with van der Waals surface area (Å²) < 4.78 is 12.7. The Hall–Kier alpha value is -2.37. The number of nitrogens with zero attached hydrogens (tertiary/aromatic N) is 1. The second kappa shape index (κ2) is 10.8. The molecule has 0 aliphatic heterocycles. The molecular formula is C23H25BrN2O2. The Balaban J connectivity index is 1.45. The van der Waals surface area contributed by atoms with Crippen molar-refractivity contribution in [3.05, 3.63) is 88.0 Å². The lowest BCUT2D eigenvalue weighted by atomic mass is 10.1. The van der Waals surface area contributed by atoms with Crippen molar-refractivity contribution in [2.24, 2.45) is 0 Å². The fourth-order valence-corrected chi connectivity index (χ4v) is 3.11. The predicted molar refractivity (Wildman–Crippen MR) is 116 cm³/mol. The third-order valence-electron chi connectivity index (χ3n) is 4.24. The summed E-state index contributed by atoms with van der Waals surface area (Å²) in [6.07, 6.45) is 2.64. The number of ether oxygens (including phenoxy) is 2. The fourth-order valence-electron chi connectivity index (χ4n) is 2.70. The Kier molecular flexibility index (Phi) is 7.88. The van der Waals surface area contributed by atoms with Crippen molar-refractivity contribution < 1.29 is 9.47 Å².